The van der Waals surface area contributed by atoms with Crippen LogP contribution in [0.1, 0.15) is 71.6 Å². The summed E-state index contributed by atoms with van der Waals surface area (Å²) >= 11 is 0. The van der Waals surface area contributed by atoms with Crippen molar-refractivity contribution in [3.63, 3.8) is 0 Å². The summed E-state index contributed by atoms with van der Waals surface area (Å²) in [5, 5.41) is 178. The molecule has 0 aromatic carbocycles. The van der Waals surface area contributed by atoms with Gasteiger partial charge < -0.3 is 107 Å². The van der Waals surface area contributed by atoms with Crippen molar-refractivity contribution in [1.82, 2.24) is 0 Å². The number of carboxylic acid groups (broad SMARTS) is 1. The molecule has 21 N–H and O–H groups in total. The Kier molecular flexibility index (Phi) is 61.8. The molecule has 0 amide bonds. The molecule has 0 unspecified atom stereocenters. The van der Waals surface area contributed by atoms with Crippen LogP contribution in [0.5, 0.6) is 0 Å². The Bertz CT molecular complexity index is 638. The van der Waals surface area contributed by atoms with Gasteiger partial charge in [0.05, 0.1) is 159 Å². The number of carboxylic acids is 1. The van der Waals surface area contributed by atoms with E-state index in [1.165, 1.54) is 57.8 Å². The number of carbonyl (C=O) groups is 1. The van der Waals surface area contributed by atoms with Gasteiger partial charge in [-0.3, -0.25) is 0 Å². The van der Waals surface area contributed by atoms with Gasteiger partial charge in [0.2, 0.25) is 0 Å². The molecular weight excluding hydrogens is 820 g/mol. The van der Waals surface area contributed by atoms with E-state index in [4.69, 9.17) is 107 Å². The van der Waals surface area contributed by atoms with Crippen molar-refractivity contribution in [3.8, 4) is 0 Å². The SMILES string of the molecule is C=CC(=O)O.CCCCCCCCCCC.OCC(CO)(CO)CO.OCC(CO)(CO)CO.OCC(CO)(CO)CO.OCC(CO)(CO)CO.OCC(CO)(CO)CO. The Morgan fingerprint density at radius 2 is 0.410 bits per heavy atom. The summed E-state index contributed by atoms with van der Waals surface area (Å²) in [6, 6.07) is 0. The van der Waals surface area contributed by atoms with Gasteiger partial charge in [0.1, 0.15) is 0 Å². The van der Waals surface area contributed by atoms with Crippen molar-refractivity contribution in [2.24, 2.45) is 27.1 Å². The van der Waals surface area contributed by atoms with E-state index < -0.39 is 165 Å². The van der Waals surface area contributed by atoms with Crippen molar-refractivity contribution in [2.75, 3.05) is 132 Å². The predicted molar refractivity (Wildman–Crippen MR) is 225 cm³/mol. The van der Waals surface area contributed by atoms with E-state index in [0.717, 1.165) is 6.08 Å². The van der Waals surface area contributed by atoms with E-state index in [-0.39, 0.29) is 0 Å². The number of rotatable bonds is 29. The van der Waals surface area contributed by atoms with E-state index in [1.807, 2.05) is 0 Å². The molecule has 0 saturated heterocycles. The molecule has 0 rings (SSSR count). The van der Waals surface area contributed by atoms with Crippen molar-refractivity contribution in [2.45, 2.75) is 71.6 Å². The first-order chi connectivity index (χ1) is 28.9. The van der Waals surface area contributed by atoms with Crippen molar-refractivity contribution in [1.29, 1.82) is 0 Å². The Hall–Kier alpha value is -1.59. The zero-order valence-electron chi connectivity index (χ0n) is 36.6. The number of unbranched alkanes of at least 4 members (excludes halogenated alkanes) is 8. The minimum Gasteiger partial charge on any atom is -0.478 e. The lowest BCUT2D eigenvalue weighted by Crippen LogP contribution is -2.37. The van der Waals surface area contributed by atoms with Crippen LogP contribution in [0.25, 0.3) is 0 Å². The third-order valence-corrected chi connectivity index (χ3v) is 9.09. The first-order valence-electron chi connectivity index (χ1n) is 19.9. The molecule has 0 aromatic heterocycles. The van der Waals surface area contributed by atoms with Crippen LogP contribution in [0.2, 0.25) is 0 Å². The summed E-state index contributed by atoms with van der Waals surface area (Å²) in [5.41, 5.74) is -5.56. The topological polar surface area (TPSA) is 442 Å². The quantitative estimate of drug-likeness (QED) is 0.0246. The van der Waals surface area contributed by atoms with Crippen molar-refractivity contribution >= 4 is 5.97 Å². The fourth-order valence-electron chi connectivity index (χ4n) is 2.88. The van der Waals surface area contributed by atoms with Gasteiger partial charge >= 0.3 is 5.97 Å². The zero-order chi connectivity index (χ0) is 49.3. The number of aliphatic hydroxyl groups is 20. The van der Waals surface area contributed by atoms with E-state index in [9.17, 15) is 4.79 Å². The Morgan fingerprint density at radius 1 is 0.311 bits per heavy atom. The van der Waals surface area contributed by atoms with Crippen LogP contribution in [0.3, 0.4) is 0 Å². The molecule has 0 spiro atoms. The minimum atomic E-state index is -1.11. The van der Waals surface area contributed by atoms with Crippen molar-refractivity contribution < 1.29 is 112 Å². The summed E-state index contributed by atoms with van der Waals surface area (Å²) in [6.07, 6.45) is 13.8. The molecule has 0 heterocycles. The van der Waals surface area contributed by atoms with Gasteiger partial charge in [-0.2, -0.15) is 0 Å². The van der Waals surface area contributed by atoms with Crippen LogP contribution in [-0.2, 0) is 4.79 Å². The average Bonchev–Trinajstić information content (AvgIpc) is 3.32. The van der Waals surface area contributed by atoms with Gasteiger partial charge in [-0.25, -0.2) is 4.79 Å². The normalized spacial score (nSPS) is 11.2. The lowest BCUT2D eigenvalue weighted by Gasteiger charge is -2.23. The highest BCUT2D eigenvalue weighted by atomic mass is 16.4. The maximum absolute atomic E-state index is 9.25. The first kappa shape index (κ1) is 73.8. The molecule has 0 saturated carbocycles. The number of aliphatic carboxylic acids is 1. The molecule has 0 aliphatic heterocycles. The monoisotopic (exact) mass is 909 g/mol. The molecule has 22 nitrogen and oxygen atoms in total. The fraction of sp³-hybridized carbons (Fsp3) is 0.923. The average molecular weight is 909 g/mol. The van der Waals surface area contributed by atoms with Crippen LogP contribution < -0.4 is 0 Å². The fourth-order valence-corrected chi connectivity index (χ4v) is 2.88. The highest BCUT2D eigenvalue weighted by molar-refractivity contribution is 5.78. The van der Waals surface area contributed by atoms with Crippen LogP contribution in [0.15, 0.2) is 12.7 Å². The second-order valence-corrected chi connectivity index (χ2v) is 14.7. The third-order valence-electron chi connectivity index (χ3n) is 9.09. The van der Waals surface area contributed by atoms with Gasteiger partial charge in [-0.05, 0) is 0 Å². The Morgan fingerprint density at radius 3 is 0.459 bits per heavy atom. The molecule has 0 aliphatic carbocycles. The van der Waals surface area contributed by atoms with E-state index >= 15 is 0 Å². The summed E-state index contributed by atoms with van der Waals surface area (Å²) < 4.78 is 0. The zero-order valence-corrected chi connectivity index (χ0v) is 36.6. The molecule has 0 fully saturated rings. The van der Waals surface area contributed by atoms with E-state index in [2.05, 4.69) is 20.4 Å². The van der Waals surface area contributed by atoms with Gasteiger partial charge in [0.15, 0.2) is 0 Å². The molecule has 0 atom stereocenters. The van der Waals surface area contributed by atoms with Gasteiger partial charge in [0, 0.05) is 6.08 Å². The first-order valence-corrected chi connectivity index (χ1v) is 19.9. The molecule has 22 heteroatoms. The maximum Gasteiger partial charge on any atom is 0.327 e. The highest BCUT2D eigenvalue weighted by Gasteiger charge is 2.29. The summed E-state index contributed by atoms with van der Waals surface area (Å²) in [5.74, 6) is -0.981. The largest absolute Gasteiger partial charge is 0.478 e. The third kappa shape index (κ3) is 39.7. The van der Waals surface area contributed by atoms with Gasteiger partial charge in [-0.15, -0.1) is 0 Å². The van der Waals surface area contributed by atoms with E-state index in [1.54, 1.807) is 0 Å². The maximum atomic E-state index is 9.25. The standard InChI is InChI=1S/C11H24.5C5H12O4.C3H4O2/c1-3-5-7-9-11-10-8-6-4-2;5*6-1-5(2-7,3-8)4-9;1-2-3(4)5/h3-11H2,1-2H3;5*6-9H,1-4H2;2H,1H2,(H,4,5). The molecule has 61 heavy (non-hydrogen) atoms. The molecular formula is C39H88O22. The highest BCUT2D eigenvalue weighted by Crippen LogP contribution is 2.15. The van der Waals surface area contributed by atoms with Gasteiger partial charge in [0.25, 0.3) is 0 Å². The van der Waals surface area contributed by atoms with Crippen LogP contribution in [-0.4, -0.2) is 245 Å². The lowest BCUT2D eigenvalue weighted by molar-refractivity contribution is -0.131. The predicted octanol–water partition coefficient (Wildman–Crippen LogP) is -5.50. The second kappa shape index (κ2) is 51.0. The van der Waals surface area contributed by atoms with Crippen LogP contribution in [0.4, 0.5) is 0 Å². The second-order valence-electron chi connectivity index (χ2n) is 14.7. The Balaban J connectivity index is -0.000000112. The summed E-state index contributed by atoms with van der Waals surface area (Å²) in [7, 11) is 0. The summed E-state index contributed by atoms with van der Waals surface area (Å²) in [4.78, 5) is 9.25. The van der Waals surface area contributed by atoms with Crippen molar-refractivity contribution in [3.05, 3.63) is 12.7 Å². The molecule has 0 aliphatic rings. The molecule has 0 bridgehead atoms. The van der Waals surface area contributed by atoms with E-state index in [0.29, 0.717) is 0 Å². The smallest absolute Gasteiger partial charge is 0.327 e. The molecule has 0 radical (unpaired) electrons. The number of hydrogen-bond donors (Lipinski definition) is 21. The number of aliphatic hydroxyl groups excluding tert-OH is 20. The van der Waals surface area contributed by atoms with Gasteiger partial charge in [-0.1, -0.05) is 78.2 Å². The van der Waals surface area contributed by atoms with Crippen LogP contribution >= 0.6 is 0 Å². The van der Waals surface area contributed by atoms with Crippen LogP contribution in [0, 0.1) is 27.1 Å². The number of hydrogen-bond acceptors (Lipinski definition) is 21. The Labute approximate surface area is 361 Å². The molecule has 0 aromatic rings. The lowest BCUT2D eigenvalue weighted by atomic mass is 9.93. The molecule has 376 valence electrons. The summed E-state index contributed by atoms with van der Waals surface area (Å²) in [6.45, 7) is -0.615. The minimum absolute atomic E-state index is 0.406.